The van der Waals surface area contributed by atoms with Gasteiger partial charge in [-0.1, -0.05) is 18.2 Å². The summed E-state index contributed by atoms with van der Waals surface area (Å²) in [5.74, 6) is 0.855. The highest BCUT2D eigenvalue weighted by atomic mass is 16.5. The fourth-order valence-electron chi connectivity index (χ4n) is 4.14. The normalized spacial score (nSPS) is 16.8. The molecule has 0 unspecified atom stereocenters. The van der Waals surface area contributed by atoms with Crippen LogP contribution in [0.4, 0.5) is 0 Å². The van der Waals surface area contributed by atoms with E-state index < -0.39 is 0 Å². The molecule has 1 atom stereocenters. The molecule has 3 aromatic rings. The molecule has 0 amide bonds. The molecule has 0 aliphatic carbocycles. The van der Waals surface area contributed by atoms with E-state index in [0.717, 1.165) is 53.0 Å². The molecule has 2 aromatic carbocycles. The number of aromatic nitrogens is 2. The van der Waals surface area contributed by atoms with Crippen molar-refractivity contribution in [3.05, 3.63) is 53.7 Å². The zero-order chi connectivity index (χ0) is 21.1. The second-order valence-corrected chi connectivity index (χ2v) is 8.34. The van der Waals surface area contributed by atoms with Crippen LogP contribution < -0.4 is 4.74 Å². The van der Waals surface area contributed by atoms with Gasteiger partial charge in [-0.05, 0) is 75.5 Å². The fourth-order valence-corrected chi connectivity index (χ4v) is 4.14. The molecule has 1 aliphatic heterocycles. The Morgan fingerprint density at radius 3 is 2.57 bits per heavy atom. The molecule has 0 N–H and O–H groups in total. The average Bonchev–Trinajstić information content (AvgIpc) is 3.17. The number of nitrogens with zero attached hydrogens (tertiary/aromatic N) is 4. The van der Waals surface area contributed by atoms with Crippen LogP contribution in [-0.4, -0.2) is 40.3 Å². The first-order valence-electron chi connectivity index (χ1n) is 10.8. The van der Waals surface area contributed by atoms with Crippen molar-refractivity contribution in [1.29, 1.82) is 5.26 Å². The van der Waals surface area contributed by atoms with E-state index >= 15 is 0 Å². The number of rotatable bonds is 6. The lowest BCUT2D eigenvalue weighted by atomic mass is 10.0. The van der Waals surface area contributed by atoms with Crippen molar-refractivity contribution in [3.63, 3.8) is 0 Å². The van der Waals surface area contributed by atoms with Crippen molar-refractivity contribution < 1.29 is 4.74 Å². The minimum atomic E-state index is 0.0695. The number of likely N-dealkylation sites (tertiary alicyclic amines) is 1. The SMILES string of the molecule is CC(C)Oc1c(CCN2CCC[C@H]2C)nnc2cc(-c3ccc(C#N)cc3)ccc12. The molecule has 1 fully saturated rings. The van der Waals surface area contributed by atoms with Gasteiger partial charge in [0.05, 0.1) is 23.3 Å². The number of nitriles is 1. The van der Waals surface area contributed by atoms with Crippen molar-refractivity contribution in [3.8, 4) is 22.9 Å². The van der Waals surface area contributed by atoms with Gasteiger partial charge in [-0.2, -0.15) is 10.4 Å². The standard InChI is InChI=1S/C25H28N4O/c1-17(2)30-25-22-11-10-21(20-8-6-19(16-26)7-9-20)15-24(22)28-27-23(25)12-14-29-13-4-5-18(29)3/h6-11,15,17-18H,4-5,12-14H2,1-3H3/t18-/m1/s1. The predicted octanol–water partition coefficient (Wildman–Crippen LogP) is 4.98. The Labute approximate surface area is 178 Å². The maximum absolute atomic E-state index is 9.01. The van der Waals surface area contributed by atoms with E-state index in [2.05, 4.69) is 40.2 Å². The number of hydrogen-bond donors (Lipinski definition) is 0. The monoisotopic (exact) mass is 400 g/mol. The Morgan fingerprint density at radius 2 is 1.90 bits per heavy atom. The minimum absolute atomic E-state index is 0.0695. The first-order chi connectivity index (χ1) is 14.5. The number of fused-ring (bicyclic) bond motifs is 1. The largest absolute Gasteiger partial charge is 0.488 e. The van der Waals surface area contributed by atoms with E-state index in [4.69, 9.17) is 10.00 Å². The highest BCUT2D eigenvalue weighted by molar-refractivity contribution is 5.89. The molecule has 30 heavy (non-hydrogen) atoms. The highest BCUT2D eigenvalue weighted by Crippen LogP contribution is 2.32. The molecule has 1 aliphatic rings. The lowest BCUT2D eigenvalue weighted by molar-refractivity contribution is 0.236. The van der Waals surface area contributed by atoms with Gasteiger partial charge in [0.25, 0.3) is 0 Å². The third kappa shape index (κ3) is 4.29. The molecule has 2 heterocycles. The summed E-state index contributed by atoms with van der Waals surface area (Å²) < 4.78 is 6.22. The summed E-state index contributed by atoms with van der Waals surface area (Å²) in [4.78, 5) is 2.53. The Kier molecular flexibility index (Phi) is 5.96. The molecule has 4 rings (SSSR count). The van der Waals surface area contributed by atoms with Crippen LogP contribution in [0.1, 0.15) is 44.9 Å². The lowest BCUT2D eigenvalue weighted by Gasteiger charge is -2.22. The van der Waals surface area contributed by atoms with Gasteiger partial charge in [0.15, 0.2) is 5.75 Å². The zero-order valence-electron chi connectivity index (χ0n) is 17.9. The third-order valence-corrected chi connectivity index (χ3v) is 5.81. The van der Waals surface area contributed by atoms with Gasteiger partial charge in [0, 0.05) is 24.4 Å². The first-order valence-corrected chi connectivity index (χ1v) is 10.8. The number of hydrogen-bond acceptors (Lipinski definition) is 5. The van der Waals surface area contributed by atoms with E-state index in [1.807, 2.05) is 44.2 Å². The summed E-state index contributed by atoms with van der Waals surface area (Å²) in [5.41, 5.74) is 4.52. The Bertz CT molecular complexity index is 1070. The fraction of sp³-hybridized carbons (Fsp3) is 0.400. The van der Waals surface area contributed by atoms with Crippen molar-refractivity contribution >= 4 is 10.9 Å². The predicted molar refractivity (Wildman–Crippen MR) is 119 cm³/mol. The van der Waals surface area contributed by atoms with E-state index in [-0.39, 0.29) is 6.10 Å². The highest BCUT2D eigenvalue weighted by Gasteiger charge is 2.21. The van der Waals surface area contributed by atoms with Crippen molar-refractivity contribution in [2.45, 2.75) is 52.2 Å². The van der Waals surface area contributed by atoms with Gasteiger partial charge in [-0.15, -0.1) is 5.10 Å². The maximum atomic E-state index is 9.01. The Morgan fingerprint density at radius 1 is 1.13 bits per heavy atom. The van der Waals surface area contributed by atoms with Crippen molar-refractivity contribution in [1.82, 2.24) is 15.1 Å². The Hall–Kier alpha value is -2.97. The summed E-state index contributed by atoms with van der Waals surface area (Å²) in [6, 6.07) is 16.6. The van der Waals surface area contributed by atoms with Gasteiger partial charge < -0.3 is 9.64 Å². The first kappa shape index (κ1) is 20.3. The third-order valence-electron chi connectivity index (χ3n) is 5.81. The van der Waals surface area contributed by atoms with E-state index in [9.17, 15) is 0 Å². The van der Waals surface area contributed by atoms with E-state index in [1.54, 1.807) is 0 Å². The molecule has 5 nitrogen and oxygen atoms in total. The maximum Gasteiger partial charge on any atom is 0.152 e. The smallest absolute Gasteiger partial charge is 0.152 e. The Balaban J connectivity index is 1.66. The van der Waals surface area contributed by atoms with E-state index in [0.29, 0.717) is 11.6 Å². The van der Waals surface area contributed by atoms with Crippen molar-refractivity contribution in [2.24, 2.45) is 0 Å². The van der Waals surface area contributed by atoms with Crippen LogP contribution in [-0.2, 0) is 6.42 Å². The molecule has 1 aromatic heterocycles. The van der Waals surface area contributed by atoms with Crippen LogP contribution in [0.3, 0.4) is 0 Å². The summed E-state index contributed by atoms with van der Waals surface area (Å²) in [5, 5.41) is 19.1. The molecule has 0 saturated carbocycles. The molecule has 0 radical (unpaired) electrons. The number of benzene rings is 2. The van der Waals surface area contributed by atoms with Gasteiger partial charge in [0.1, 0.15) is 5.69 Å². The second-order valence-electron chi connectivity index (χ2n) is 8.34. The molecular weight excluding hydrogens is 372 g/mol. The molecular formula is C25H28N4O. The molecule has 0 bridgehead atoms. The summed E-state index contributed by atoms with van der Waals surface area (Å²) in [6.07, 6.45) is 3.46. The van der Waals surface area contributed by atoms with Crippen LogP contribution in [0.25, 0.3) is 22.0 Å². The molecule has 1 saturated heterocycles. The second kappa shape index (κ2) is 8.81. The minimum Gasteiger partial charge on any atom is -0.488 e. The molecule has 154 valence electrons. The van der Waals surface area contributed by atoms with Crippen LogP contribution in [0.5, 0.6) is 5.75 Å². The number of ether oxygens (including phenoxy) is 1. The summed E-state index contributed by atoms with van der Waals surface area (Å²) in [7, 11) is 0. The quantitative estimate of drug-likeness (QED) is 0.584. The average molecular weight is 401 g/mol. The lowest BCUT2D eigenvalue weighted by Crippen LogP contribution is -2.29. The zero-order valence-corrected chi connectivity index (χ0v) is 17.9. The topological polar surface area (TPSA) is 62.0 Å². The van der Waals surface area contributed by atoms with Gasteiger partial charge in [-0.25, -0.2) is 0 Å². The summed E-state index contributed by atoms with van der Waals surface area (Å²) in [6.45, 7) is 8.54. The molecule has 5 heteroatoms. The van der Waals surface area contributed by atoms with Crippen molar-refractivity contribution in [2.75, 3.05) is 13.1 Å². The van der Waals surface area contributed by atoms with Crippen LogP contribution in [0, 0.1) is 11.3 Å². The van der Waals surface area contributed by atoms with Crippen LogP contribution >= 0.6 is 0 Å². The van der Waals surface area contributed by atoms with Crippen LogP contribution in [0.2, 0.25) is 0 Å². The van der Waals surface area contributed by atoms with Gasteiger partial charge in [0.2, 0.25) is 0 Å². The summed E-state index contributed by atoms with van der Waals surface area (Å²) >= 11 is 0. The van der Waals surface area contributed by atoms with E-state index in [1.165, 1.54) is 12.8 Å². The van der Waals surface area contributed by atoms with Gasteiger partial charge in [-0.3, -0.25) is 0 Å². The van der Waals surface area contributed by atoms with Crippen LogP contribution in [0.15, 0.2) is 42.5 Å². The van der Waals surface area contributed by atoms with Gasteiger partial charge >= 0.3 is 0 Å². The molecule has 0 spiro atoms.